The van der Waals surface area contributed by atoms with E-state index in [9.17, 15) is 47.6 Å². The molecule has 5 heterocycles. The van der Waals surface area contributed by atoms with E-state index in [1.165, 1.54) is 32.1 Å². The SMILES string of the molecule is COc1ccc(C#Cc2cc(CN3CCN(Cc4cc(C#Cc5ccc(C)cc5)cc(P(C)(=O)O)n4)C[C@H](CCCCNC(=O)CCCC(=O)ON4C(=O)CCC4=O)N(Cc4cc(C#Cc5ccc(OC)cc5)cc(P(C)(=O)O)n4)CC3)nc(P(C)(=O)O)c2)cc1. The average molecular weight is 1290 g/mol. The molecular weight excluding hydrogens is 1220 g/mol. The molecule has 4 atom stereocenters. The normalized spacial score (nSPS) is 16.8. The van der Waals surface area contributed by atoms with Gasteiger partial charge in [0.25, 0.3) is 11.8 Å². The third kappa shape index (κ3) is 21.5. The van der Waals surface area contributed by atoms with E-state index in [0.29, 0.717) is 120 Å². The highest BCUT2D eigenvalue weighted by atomic mass is 31.2. The summed E-state index contributed by atoms with van der Waals surface area (Å²) in [5.41, 5.74) is 6.17. The Balaban J connectivity index is 1.13. The first-order valence-electron chi connectivity index (χ1n) is 29.7. The molecule has 8 rings (SSSR count). The molecule has 2 fully saturated rings. The quantitative estimate of drug-likeness (QED) is 0.0269. The van der Waals surface area contributed by atoms with Crippen LogP contribution in [-0.4, -0.2) is 153 Å². The Morgan fingerprint density at radius 1 is 0.549 bits per heavy atom. The van der Waals surface area contributed by atoms with Crippen molar-refractivity contribution in [1.82, 2.24) is 40.0 Å². The summed E-state index contributed by atoms with van der Waals surface area (Å²) >= 11 is 0. The first-order chi connectivity index (χ1) is 43.3. The number of hydroxylamine groups is 2. The first kappa shape index (κ1) is 68.8. The van der Waals surface area contributed by atoms with E-state index >= 15 is 0 Å². The molecule has 0 radical (unpaired) electrons. The number of aryl methyl sites for hydroxylation is 1. The van der Waals surface area contributed by atoms with Gasteiger partial charge in [-0.1, -0.05) is 59.6 Å². The van der Waals surface area contributed by atoms with Crippen LogP contribution in [0, 0.1) is 42.4 Å². The van der Waals surface area contributed by atoms with Crippen molar-refractivity contribution in [2.45, 2.75) is 84.0 Å². The average Bonchev–Trinajstić information content (AvgIpc) is 1.21. The molecule has 0 aliphatic carbocycles. The maximum absolute atomic E-state index is 13.5. The predicted molar refractivity (Wildman–Crippen MR) is 347 cm³/mol. The summed E-state index contributed by atoms with van der Waals surface area (Å²) in [5.74, 6) is 18.1. The van der Waals surface area contributed by atoms with Gasteiger partial charge in [0, 0.05) is 144 Å². The van der Waals surface area contributed by atoms with Crippen LogP contribution < -0.4 is 31.1 Å². The summed E-state index contributed by atoms with van der Waals surface area (Å²) in [6.07, 6.45) is 1.64. The fourth-order valence-electron chi connectivity index (χ4n) is 10.1. The zero-order valence-corrected chi connectivity index (χ0v) is 54.6. The molecular formula is C67H75N8O13P3. The number of hydrogen-bond acceptors (Lipinski definition) is 16. The van der Waals surface area contributed by atoms with Crippen LogP contribution in [0.5, 0.6) is 11.5 Å². The summed E-state index contributed by atoms with van der Waals surface area (Å²) in [7, 11) is -8.60. The predicted octanol–water partition coefficient (Wildman–Crippen LogP) is 6.23. The molecule has 476 valence electrons. The van der Waals surface area contributed by atoms with Crippen molar-refractivity contribution in [3.63, 3.8) is 0 Å². The van der Waals surface area contributed by atoms with Crippen LogP contribution in [0.4, 0.5) is 0 Å². The molecule has 3 amide bonds. The summed E-state index contributed by atoms with van der Waals surface area (Å²) in [6.45, 7) is 8.81. The number of aromatic nitrogens is 3. The number of nitrogens with zero attached hydrogens (tertiary/aromatic N) is 7. The smallest absolute Gasteiger partial charge is 0.333 e. The summed E-state index contributed by atoms with van der Waals surface area (Å²) in [5, 5.41) is 3.42. The van der Waals surface area contributed by atoms with Gasteiger partial charge < -0.3 is 34.3 Å². The van der Waals surface area contributed by atoms with Crippen LogP contribution in [0.3, 0.4) is 0 Å². The third-order valence-corrected chi connectivity index (χ3v) is 18.2. The molecule has 91 heavy (non-hydrogen) atoms. The Kier molecular flexibility index (Phi) is 24.0. The second-order valence-electron chi connectivity index (χ2n) is 22.7. The van der Waals surface area contributed by atoms with Gasteiger partial charge in [0.1, 0.15) is 27.8 Å². The van der Waals surface area contributed by atoms with Gasteiger partial charge in [0.2, 0.25) is 28.0 Å². The third-order valence-electron chi connectivity index (χ3n) is 15.0. The Morgan fingerprint density at radius 2 is 0.967 bits per heavy atom. The molecule has 0 spiro atoms. The van der Waals surface area contributed by atoms with Gasteiger partial charge in [0.15, 0.2) is 0 Å². The number of amides is 3. The molecule has 24 heteroatoms. The van der Waals surface area contributed by atoms with E-state index in [4.69, 9.17) is 29.3 Å². The van der Waals surface area contributed by atoms with E-state index < -0.39 is 39.9 Å². The van der Waals surface area contributed by atoms with Crippen molar-refractivity contribution in [2.75, 3.05) is 73.5 Å². The van der Waals surface area contributed by atoms with Crippen LogP contribution in [0.2, 0.25) is 0 Å². The van der Waals surface area contributed by atoms with E-state index in [0.717, 1.165) is 11.1 Å². The number of unbranched alkanes of at least 4 members (excludes halogenated alkanes) is 1. The number of carbonyl (C=O) groups is 4. The number of imide groups is 1. The molecule has 0 bridgehead atoms. The van der Waals surface area contributed by atoms with E-state index in [2.05, 4.69) is 55.5 Å². The number of carbonyl (C=O) groups excluding carboxylic acids is 4. The van der Waals surface area contributed by atoms with Crippen molar-refractivity contribution in [2.24, 2.45) is 0 Å². The Morgan fingerprint density at radius 3 is 1.43 bits per heavy atom. The van der Waals surface area contributed by atoms with Crippen LogP contribution in [0.25, 0.3) is 0 Å². The second-order valence-corrected chi connectivity index (χ2v) is 29.4. The molecule has 21 nitrogen and oxygen atoms in total. The minimum Gasteiger partial charge on any atom is -0.497 e. The number of pyridine rings is 3. The fraction of sp³-hybridized carbons (Fsp3) is 0.358. The molecule has 3 aromatic heterocycles. The zero-order chi connectivity index (χ0) is 65.3. The van der Waals surface area contributed by atoms with Gasteiger partial charge in [-0.05, 0) is 123 Å². The highest BCUT2D eigenvalue weighted by Gasteiger charge is 2.33. The van der Waals surface area contributed by atoms with Crippen LogP contribution in [0.1, 0.15) is 107 Å². The first-order valence-corrected chi connectivity index (χ1v) is 36.1. The Labute approximate surface area is 531 Å². The van der Waals surface area contributed by atoms with Crippen LogP contribution >= 0.6 is 22.1 Å². The number of benzene rings is 3. The second kappa shape index (κ2) is 31.8. The maximum atomic E-state index is 13.5. The van der Waals surface area contributed by atoms with Crippen molar-refractivity contribution in [3.8, 4) is 47.0 Å². The van der Waals surface area contributed by atoms with Crippen LogP contribution in [-0.2, 0) is 57.3 Å². The standard InChI is InChI=1S/C67H75N8O13P3/c1-48-13-15-49(16-14-48)17-20-53-39-56(70-63(42-53)90(5,82)83)45-73-35-34-72(44-55-38-52(41-62(69-55)89(4,80)81)21-18-50-23-27-59(86-2)28-24-50)36-37-74(46-57-40-54(43-64(71-57)91(6,84)85)22-19-51-25-29-60(87-3)30-26-51)58(47-73)10-7-8-33-68-61(76)11-9-12-67(79)88-75-65(77)31-32-66(75)78/h13-16,23-30,38-43,58H,7-12,31-37,44-47H2,1-6H3,(H,68,76)(H,80,81)(H,82,83)(H,84,85)/t58-/m0/s1. The summed E-state index contributed by atoms with van der Waals surface area (Å²) in [4.78, 5) is 108. The summed E-state index contributed by atoms with van der Waals surface area (Å²) < 4.78 is 51.0. The lowest BCUT2D eigenvalue weighted by molar-refractivity contribution is -0.197. The van der Waals surface area contributed by atoms with Crippen molar-refractivity contribution in [1.29, 1.82) is 0 Å². The van der Waals surface area contributed by atoms with Gasteiger partial charge in [-0.25, -0.2) is 19.7 Å². The molecule has 0 saturated carbocycles. The monoisotopic (exact) mass is 1290 g/mol. The molecule has 3 aromatic carbocycles. The van der Waals surface area contributed by atoms with Gasteiger partial charge in [-0.15, -0.1) is 5.06 Å². The highest BCUT2D eigenvalue weighted by molar-refractivity contribution is 7.65. The largest absolute Gasteiger partial charge is 0.497 e. The van der Waals surface area contributed by atoms with Gasteiger partial charge in [-0.3, -0.25) is 42.8 Å². The highest BCUT2D eigenvalue weighted by Crippen LogP contribution is 2.35. The Bertz CT molecular complexity index is 3950. The number of methoxy groups -OCH3 is 2. The molecule has 3 unspecified atom stereocenters. The van der Waals surface area contributed by atoms with Gasteiger partial charge in [-0.2, -0.15) is 0 Å². The molecule has 2 aliphatic heterocycles. The zero-order valence-electron chi connectivity index (χ0n) is 51.9. The Hall–Kier alpha value is -8.08. The number of nitrogens with one attached hydrogen (secondary N) is 1. The van der Waals surface area contributed by atoms with Crippen LogP contribution in [0.15, 0.2) is 109 Å². The minimum absolute atomic E-state index is 0.00110. The molecule has 2 saturated heterocycles. The maximum Gasteiger partial charge on any atom is 0.333 e. The lowest BCUT2D eigenvalue weighted by Crippen LogP contribution is -2.45. The number of rotatable bonds is 21. The molecule has 2 aliphatic rings. The van der Waals surface area contributed by atoms with E-state index in [-0.39, 0.29) is 80.0 Å². The van der Waals surface area contributed by atoms with E-state index in [1.807, 2.05) is 73.7 Å². The lowest BCUT2D eigenvalue weighted by atomic mass is 10.1. The lowest BCUT2D eigenvalue weighted by Gasteiger charge is -2.35. The number of hydrogen-bond donors (Lipinski definition) is 4. The molecule has 4 N–H and O–H groups in total. The molecule has 6 aromatic rings. The summed E-state index contributed by atoms with van der Waals surface area (Å²) in [6, 6.07) is 32.0. The van der Waals surface area contributed by atoms with Gasteiger partial charge in [0.05, 0.1) is 31.3 Å². The van der Waals surface area contributed by atoms with Crippen molar-refractivity contribution < 1.29 is 61.9 Å². The minimum atomic E-state index is -3.94. The number of ether oxygens (including phenoxy) is 2. The topological polar surface area (TPSA) is 272 Å². The van der Waals surface area contributed by atoms with Crippen molar-refractivity contribution in [3.05, 3.63) is 165 Å². The fourth-order valence-corrected chi connectivity index (χ4v) is 12.1. The van der Waals surface area contributed by atoms with E-state index in [1.54, 1.807) is 44.6 Å². The van der Waals surface area contributed by atoms with Gasteiger partial charge >= 0.3 is 5.97 Å². The van der Waals surface area contributed by atoms with Crippen molar-refractivity contribution >= 4 is 62.1 Å².